The molecule has 1 aliphatic rings. The molecule has 2 N–H and O–H groups in total. The molecule has 0 spiro atoms. The van der Waals surface area contributed by atoms with Crippen molar-refractivity contribution in [2.24, 2.45) is 0 Å². The van der Waals surface area contributed by atoms with Gasteiger partial charge in [-0.2, -0.15) is 13.2 Å². The Bertz CT molecular complexity index is 290. The molecule has 0 aromatic rings. The molecule has 0 atom stereocenters. The largest absolute Gasteiger partial charge is 0.411 e. The second-order valence-electron chi connectivity index (χ2n) is 5.55. The fourth-order valence-electron chi connectivity index (χ4n) is 1.48. The van der Waals surface area contributed by atoms with Crippen LogP contribution in [-0.2, 0) is 4.79 Å². The Kier molecular flexibility index (Phi) is 3.76. The van der Waals surface area contributed by atoms with Crippen LogP contribution in [0.4, 0.5) is 13.2 Å². The van der Waals surface area contributed by atoms with E-state index in [0.717, 1.165) is 0 Å². The van der Waals surface area contributed by atoms with Crippen molar-refractivity contribution in [3.8, 4) is 0 Å². The zero-order valence-electron chi connectivity index (χ0n) is 10.4. The monoisotopic (exact) mass is 252 g/mol. The molecule has 6 heteroatoms. The van der Waals surface area contributed by atoms with Gasteiger partial charge in [-0.25, -0.2) is 0 Å². The standard InChI is InChI=1S/C11H19F3N2O/c1-9(2,3)15-7-4-8(17)16-10(5-6-10)11(12,13)14/h15H,4-7H2,1-3H3,(H,16,17). The molecule has 0 heterocycles. The van der Waals surface area contributed by atoms with Crippen LogP contribution >= 0.6 is 0 Å². The van der Waals surface area contributed by atoms with E-state index in [1.807, 2.05) is 20.8 Å². The van der Waals surface area contributed by atoms with Gasteiger partial charge in [0.2, 0.25) is 5.91 Å². The molecule has 1 rings (SSSR count). The molecule has 0 bridgehead atoms. The van der Waals surface area contributed by atoms with Crippen LogP contribution < -0.4 is 10.6 Å². The smallest absolute Gasteiger partial charge is 0.342 e. The molecule has 17 heavy (non-hydrogen) atoms. The topological polar surface area (TPSA) is 41.1 Å². The Morgan fingerprint density at radius 1 is 1.24 bits per heavy atom. The highest BCUT2D eigenvalue weighted by Gasteiger charge is 2.64. The molecule has 1 saturated carbocycles. The van der Waals surface area contributed by atoms with Crippen LogP contribution in [0, 0.1) is 0 Å². The zero-order valence-corrected chi connectivity index (χ0v) is 10.4. The van der Waals surface area contributed by atoms with Crippen molar-refractivity contribution in [1.29, 1.82) is 0 Å². The Labute approximate surface area is 99.1 Å². The molecule has 0 saturated heterocycles. The predicted octanol–water partition coefficient (Wildman–Crippen LogP) is 1.98. The minimum absolute atomic E-state index is 0.00502. The first-order valence-corrected chi connectivity index (χ1v) is 5.69. The number of alkyl halides is 3. The number of carbonyl (C=O) groups is 1. The van der Waals surface area contributed by atoms with Crippen molar-refractivity contribution < 1.29 is 18.0 Å². The van der Waals surface area contributed by atoms with E-state index < -0.39 is 17.6 Å². The number of rotatable bonds is 4. The number of carbonyl (C=O) groups excluding carboxylic acids is 1. The zero-order chi connectivity index (χ0) is 13.3. The summed E-state index contributed by atoms with van der Waals surface area (Å²) in [7, 11) is 0. The molecule has 1 fully saturated rings. The van der Waals surface area contributed by atoms with Crippen LogP contribution in [0.25, 0.3) is 0 Å². The van der Waals surface area contributed by atoms with Crippen LogP contribution in [0.1, 0.15) is 40.0 Å². The van der Waals surface area contributed by atoms with E-state index in [-0.39, 0.29) is 24.8 Å². The highest BCUT2D eigenvalue weighted by molar-refractivity contribution is 5.77. The summed E-state index contributed by atoms with van der Waals surface area (Å²) in [6.07, 6.45) is -4.28. The van der Waals surface area contributed by atoms with Crippen LogP contribution in [0.3, 0.4) is 0 Å². The number of amides is 1. The molecule has 0 aromatic carbocycles. The number of halogens is 3. The lowest BCUT2D eigenvalue weighted by atomic mass is 10.1. The highest BCUT2D eigenvalue weighted by Crippen LogP contribution is 2.48. The van der Waals surface area contributed by atoms with Crippen LogP contribution in [0.5, 0.6) is 0 Å². The van der Waals surface area contributed by atoms with E-state index in [0.29, 0.717) is 6.54 Å². The molecule has 3 nitrogen and oxygen atoms in total. The third-order valence-corrected chi connectivity index (χ3v) is 2.68. The van der Waals surface area contributed by atoms with Crippen LogP contribution in [-0.4, -0.2) is 29.7 Å². The minimum Gasteiger partial charge on any atom is -0.342 e. The van der Waals surface area contributed by atoms with Gasteiger partial charge in [0.1, 0.15) is 5.54 Å². The molecule has 100 valence electrons. The second kappa shape index (κ2) is 4.48. The van der Waals surface area contributed by atoms with Crippen molar-refractivity contribution >= 4 is 5.91 Å². The fraction of sp³-hybridized carbons (Fsp3) is 0.909. The summed E-state index contributed by atoms with van der Waals surface area (Å²) >= 11 is 0. The summed E-state index contributed by atoms with van der Waals surface area (Å²) in [5.74, 6) is -0.545. The summed E-state index contributed by atoms with van der Waals surface area (Å²) in [6.45, 7) is 6.18. The molecular weight excluding hydrogens is 233 g/mol. The number of hydrogen-bond donors (Lipinski definition) is 2. The SMILES string of the molecule is CC(C)(C)NCCC(=O)NC1(C(F)(F)F)CC1. The van der Waals surface area contributed by atoms with E-state index in [9.17, 15) is 18.0 Å². The summed E-state index contributed by atoms with van der Waals surface area (Å²) in [5, 5.41) is 5.15. The fourth-order valence-corrected chi connectivity index (χ4v) is 1.48. The van der Waals surface area contributed by atoms with Gasteiger partial charge in [-0.15, -0.1) is 0 Å². The van der Waals surface area contributed by atoms with Crippen LogP contribution in [0.2, 0.25) is 0 Å². The van der Waals surface area contributed by atoms with Crippen molar-refractivity contribution in [2.45, 2.75) is 57.3 Å². The normalized spacial score (nSPS) is 18.9. The van der Waals surface area contributed by atoms with E-state index in [2.05, 4.69) is 10.6 Å². The van der Waals surface area contributed by atoms with Gasteiger partial charge in [-0.05, 0) is 33.6 Å². The molecule has 1 aliphatic carbocycles. The van der Waals surface area contributed by atoms with Crippen molar-refractivity contribution in [2.75, 3.05) is 6.54 Å². The van der Waals surface area contributed by atoms with Gasteiger partial charge in [0.15, 0.2) is 0 Å². The highest BCUT2D eigenvalue weighted by atomic mass is 19.4. The first-order valence-electron chi connectivity index (χ1n) is 5.69. The van der Waals surface area contributed by atoms with E-state index >= 15 is 0 Å². The van der Waals surface area contributed by atoms with E-state index in [1.54, 1.807) is 0 Å². The Morgan fingerprint density at radius 2 is 1.76 bits per heavy atom. The third-order valence-electron chi connectivity index (χ3n) is 2.68. The Balaban J connectivity index is 2.32. The van der Waals surface area contributed by atoms with Gasteiger partial charge in [0.05, 0.1) is 0 Å². The summed E-state index contributed by atoms with van der Waals surface area (Å²) in [4.78, 5) is 11.4. The third kappa shape index (κ3) is 4.18. The van der Waals surface area contributed by atoms with Crippen molar-refractivity contribution in [3.63, 3.8) is 0 Å². The maximum Gasteiger partial charge on any atom is 0.411 e. The van der Waals surface area contributed by atoms with Crippen molar-refractivity contribution in [1.82, 2.24) is 10.6 Å². The summed E-state index contributed by atoms with van der Waals surface area (Å²) in [5.41, 5.74) is -2.08. The number of hydrogen-bond acceptors (Lipinski definition) is 2. The van der Waals surface area contributed by atoms with Gasteiger partial charge >= 0.3 is 6.18 Å². The predicted molar refractivity (Wildman–Crippen MR) is 58.5 cm³/mol. The average molecular weight is 252 g/mol. The lowest BCUT2D eigenvalue weighted by Crippen LogP contribution is -2.48. The molecule has 0 aliphatic heterocycles. The molecule has 0 unspecified atom stereocenters. The molecule has 0 radical (unpaired) electrons. The number of nitrogens with one attached hydrogen (secondary N) is 2. The molecular formula is C11H19F3N2O. The minimum atomic E-state index is -4.33. The second-order valence-corrected chi connectivity index (χ2v) is 5.55. The maximum atomic E-state index is 12.5. The van der Waals surface area contributed by atoms with Crippen LogP contribution in [0.15, 0.2) is 0 Å². The van der Waals surface area contributed by atoms with Crippen molar-refractivity contribution in [3.05, 3.63) is 0 Å². The van der Waals surface area contributed by atoms with E-state index in [4.69, 9.17) is 0 Å². The summed E-state index contributed by atoms with van der Waals surface area (Å²) in [6, 6.07) is 0. The summed E-state index contributed by atoms with van der Waals surface area (Å²) < 4.78 is 37.6. The molecule has 0 aromatic heterocycles. The Hall–Kier alpha value is -0.780. The lowest BCUT2D eigenvalue weighted by Gasteiger charge is -2.22. The van der Waals surface area contributed by atoms with Gasteiger partial charge < -0.3 is 10.6 Å². The van der Waals surface area contributed by atoms with Gasteiger partial charge in [-0.1, -0.05) is 0 Å². The lowest BCUT2D eigenvalue weighted by molar-refractivity contribution is -0.170. The average Bonchev–Trinajstić information content (AvgIpc) is 2.81. The Morgan fingerprint density at radius 3 is 2.12 bits per heavy atom. The molecule has 1 amide bonds. The van der Waals surface area contributed by atoms with Gasteiger partial charge in [0.25, 0.3) is 0 Å². The first kappa shape index (κ1) is 14.3. The van der Waals surface area contributed by atoms with E-state index in [1.165, 1.54) is 0 Å². The first-order chi connectivity index (χ1) is 7.56. The maximum absolute atomic E-state index is 12.5. The van der Waals surface area contributed by atoms with Gasteiger partial charge in [-0.3, -0.25) is 4.79 Å². The van der Waals surface area contributed by atoms with Gasteiger partial charge in [0, 0.05) is 18.5 Å². The quantitative estimate of drug-likeness (QED) is 0.803.